The number of para-hydroxylation sites is 2. The highest BCUT2D eigenvalue weighted by molar-refractivity contribution is 6.28. The molecule has 3 heteroatoms. The second-order valence-corrected chi connectivity index (χ2v) is 5.48. The Morgan fingerprint density at radius 1 is 1.13 bits per heavy atom. The van der Waals surface area contributed by atoms with Crippen LogP contribution in [0.3, 0.4) is 0 Å². The van der Waals surface area contributed by atoms with Crippen LogP contribution in [0.15, 0.2) is 24.3 Å². The number of hydrogen-bond donors (Lipinski definition) is 0. The third kappa shape index (κ3) is 4.38. The van der Waals surface area contributed by atoms with Gasteiger partial charge >= 0.3 is 9.76 Å². The molecule has 2 radical (unpaired) electrons. The van der Waals surface area contributed by atoms with Gasteiger partial charge in [-0.1, -0.05) is 32.9 Å². The van der Waals surface area contributed by atoms with Crippen molar-refractivity contribution in [2.24, 2.45) is 5.41 Å². The Balaban J connectivity index is 2.50. The van der Waals surface area contributed by atoms with Gasteiger partial charge in [-0.2, -0.15) is 0 Å². The summed E-state index contributed by atoms with van der Waals surface area (Å²) < 4.78 is 10.9. The van der Waals surface area contributed by atoms with Crippen LogP contribution in [-0.4, -0.2) is 16.9 Å². The van der Waals surface area contributed by atoms with E-state index in [0.717, 1.165) is 17.5 Å². The molecule has 0 unspecified atom stereocenters. The van der Waals surface area contributed by atoms with Crippen molar-refractivity contribution in [1.29, 1.82) is 0 Å². The molecule has 0 aliphatic carbocycles. The smallest absolute Gasteiger partial charge is 0.311 e. The van der Waals surface area contributed by atoms with Crippen LogP contribution in [-0.2, 0) is 0 Å². The highest BCUT2D eigenvalue weighted by atomic mass is 28.2. The maximum atomic E-state index is 5.71. The van der Waals surface area contributed by atoms with Gasteiger partial charge in [0.2, 0.25) is 0 Å². The maximum absolute atomic E-state index is 5.71. The van der Waals surface area contributed by atoms with Crippen LogP contribution in [0.2, 0.25) is 6.04 Å². The van der Waals surface area contributed by atoms with Crippen LogP contribution in [0.1, 0.15) is 20.8 Å². The van der Waals surface area contributed by atoms with E-state index in [2.05, 4.69) is 20.8 Å². The lowest BCUT2D eigenvalue weighted by molar-refractivity contribution is 0.391. The molecule has 0 N–H and O–H groups in total. The molecule has 0 saturated carbocycles. The highest BCUT2D eigenvalue weighted by Gasteiger charge is 2.12. The maximum Gasteiger partial charge on any atom is 0.311 e. The average molecular weight is 222 g/mol. The van der Waals surface area contributed by atoms with Gasteiger partial charge in [0, 0.05) is 0 Å². The predicted molar refractivity (Wildman–Crippen MR) is 63.6 cm³/mol. The number of methoxy groups -OCH3 is 1. The van der Waals surface area contributed by atoms with E-state index >= 15 is 0 Å². The van der Waals surface area contributed by atoms with Crippen LogP contribution >= 0.6 is 0 Å². The molecular formula is C12H18O2Si. The van der Waals surface area contributed by atoms with Gasteiger partial charge in [0.25, 0.3) is 0 Å². The lowest BCUT2D eigenvalue weighted by Crippen LogP contribution is -2.13. The van der Waals surface area contributed by atoms with Crippen LogP contribution < -0.4 is 9.16 Å². The second kappa shape index (κ2) is 5.21. The van der Waals surface area contributed by atoms with Crippen molar-refractivity contribution >= 4 is 9.76 Å². The monoisotopic (exact) mass is 222 g/mol. The van der Waals surface area contributed by atoms with E-state index in [0.29, 0.717) is 15.2 Å². The Kier molecular flexibility index (Phi) is 4.21. The molecule has 0 bridgehead atoms. The molecule has 0 heterocycles. The van der Waals surface area contributed by atoms with E-state index in [1.807, 2.05) is 24.3 Å². The first kappa shape index (κ1) is 12.1. The number of benzene rings is 1. The fourth-order valence-electron chi connectivity index (χ4n) is 1.03. The van der Waals surface area contributed by atoms with Gasteiger partial charge in [-0.3, -0.25) is 0 Å². The minimum atomic E-state index is 0.320. The van der Waals surface area contributed by atoms with Crippen molar-refractivity contribution in [2.45, 2.75) is 26.8 Å². The molecule has 0 amide bonds. The van der Waals surface area contributed by atoms with Gasteiger partial charge in [0.05, 0.1) is 7.11 Å². The fraction of sp³-hybridized carbons (Fsp3) is 0.500. The third-order valence-electron chi connectivity index (χ3n) is 1.85. The average Bonchev–Trinajstić information content (AvgIpc) is 2.16. The first-order valence-electron chi connectivity index (χ1n) is 5.06. The van der Waals surface area contributed by atoms with Crippen molar-refractivity contribution < 1.29 is 9.16 Å². The van der Waals surface area contributed by atoms with Crippen molar-refractivity contribution in [3.63, 3.8) is 0 Å². The zero-order chi connectivity index (χ0) is 11.3. The van der Waals surface area contributed by atoms with Crippen molar-refractivity contribution in [3.05, 3.63) is 24.3 Å². The van der Waals surface area contributed by atoms with E-state index in [4.69, 9.17) is 9.16 Å². The largest absolute Gasteiger partial charge is 0.538 e. The molecule has 0 saturated heterocycles. The summed E-state index contributed by atoms with van der Waals surface area (Å²) in [6, 6.07) is 8.81. The molecule has 1 rings (SSSR count). The quantitative estimate of drug-likeness (QED) is 0.729. The molecule has 0 aliphatic heterocycles. The minimum absolute atomic E-state index is 0.320. The Morgan fingerprint density at radius 3 is 2.27 bits per heavy atom. The van der Waals surface area contributed by atoms with E-state index in [1.165, 1.54) is 0 Å². The van der Waals surface area contributed by atoms with Crippen molar-refractivity contribution in [1.82, 2.24) is 0 Å². The molecule has 2 nitrogen and oxygen atoms in total. The standard InChI is InChI=1S/C12H18O2Si/c1-12(2,3)9-15-14-11-8-6-5-7-10(11)13-4/h5-8H,9H2,1-4H3. The second-order valence-electron chi connectivity index (χ2n) is 4.63. The Morgan fingerprint density at radius 2 is 1.73 bits per heavy atom. The molecule has 82 valence electrons. The first-order valence-corrected chi connectivity index (χ1v) is 6.17. The number of hydrogen-bond acceptors (Lipinski definition) is 2. The molecule has 0 atom stereocenters. The summed E-state index contributed by atoms with van der Waals surface area (Å²) in [7, 11) is 2.14. The Labute approximate surface area is 94.5 Å². The summed E-state index contributed by atoms with van der Waals surface area (Å²) in [5.41, 5.74) is 0.320. The third-order valence-corrected chi connectivity index (χ3v) is 3.42. The molecule has 0 aromatic heterocycles. The summed E-state index contributed by atoms with van der Waals surface area (Å²) in [6.07, 6.45) is 0. The summed E-state index contributed by atoms with van der Waals surface area (Å²) in [4.78, 5) is 0. The summed E-state index contributed by atoms with van der Waals surface area (Å²) in [5.74, 6) is 1.64. The molecule has 0 spiro atoms. The van der Waals surface area contributed by atoms with Crippen LogP contribution in [0, 0.1) is 5.41 Å². The Bertz CT molecular complexity index is 305. The molecule has 0 fully saturated rings. The molecule has 0 aliphatic rings. The normalized spacial score (nSPS) is 11.2. The number of ether oxygens (including phenoxy) is 1. The summed E-state index contributed by atoms with van der Waals surface area (Å²) in [5, 5.41) is 0. The van der Waals surface area contributed by atoms with E-state index in [9.17, 15) is 0 Å². The van der Waals surface area contributed by atoms with E-state index in [1.54, 1.807) is 7.11 Å². The SMILES string of the molecule is COc1ccccc1O[Si]CC(C)(C)C. The minimum Gasteiger partial charge on any atom is -0.538 e. The summed E-state index contributed by atoms with van der Waals surface area (Å²) >= 11 is 0. The van der Waals surface area contributed by atoms with Gasteiger partial charge in [0.1, 0.15) is 5.75 Å². The van der Waals surface area contributed by atoms with E-state index < -0.39 is 0 Å². The summed E-state index contributed by atoms with van der Waals surface area (Å²) in [6.45, 7) is 6.64. The molecule has 1 aromatic rings. The fourth-order valence-corrected chi connectivity index (χ4v) is 1.86. The lowest BCUT2D eigenvalue weighted by Gasteiger charge is -2.17. The topological polar surface area (TPSA) is 18.5 Å². The molecular weight excluding hydrogens is 204 g/mol. The first-order chi connectivity index (χ1) is 7.03. The predicted octanol–water partition coefficient (Wildman–Crippen LogP) is 3.16. The van der Waals surface area contributed by atoms with Crippen molar-refractivity contribution in [3.8, 4) is 11.5 Å². The van der Waals surface area contributed by atoms with Gasteiger partial charge in [-0.15, -0.1) is 0 Å². The van der Waals surface area contributed by atoms with Gasteiger partial charge in [0.15, 0.2) is 5.75 Å². The Hall–Kier alpha value is -0.963. The molecule has 1 aromatic carbocycles. The van der Waals surface area contributed by atoms with Crippen molar-refractivity contribution in [2.75, 3.05) is 7.11 Å². The highest BCUT2D eigenvalue weighted by Crippen LogP contribution is 2.26. The van der Waals surface area contributed by atoms with Gasteiger partial charge < -0.3 is 9.16 Å². The van der Waals surface area contributed by atoms with Gasteiger partial charge in [-0.25, -0.2) is 0 Å². The zero-order valence-electron chi connectivity index (χ0n) is 9.83. The zero-order valence-corrected chi connectivity index (χ0v) is 10.8. The lowest BCUT2D eigenvalue weighted by atomic mass is 10.0. The van der Waals surface area contributed by atoms with Crippen LogP contribution in [0.4, 0.5) is 0 Å². The van der Waals surface area contributed by atoms with Crippen LogP contribution in [0.5, 0.6) is 11.5 Å². The van der Waals surface area contributed by atoms with Gasteiger partial charge in [-0.05, 0) is 23.6 Å². The number of rotatable bonds is 4. The van der Waals surface area contributed by atoms with E-state index in [-0.39, 0.29) is 0 Å². The molecule has 15 heavy (non-hydrogen) atoms. The van der Waals surface area contributed by atoms with Crippen LogP contribution in [0.25, 0.3) is 0 Å².